The summed E-state index contributed by atoms with van der Waals surface area (Å²) in [7, 11) is 0. The normalized spacial score (nSPS) is 23.3. The highest BCUT2D eigenvalue weighted by Gasteiger charge is 2.39. The van der Waals surface area contributed by atoms with E-state index < -0.39 is 5.41 Å². The second kappa shape index (κ2) is 10.5. The molecule has 0 N–H and O–H groups in total. The Morgan fingerprint density at radius 3 is 2.24 bits per heavy atom. The summed E-state index contributed by atoms with van der Waals surface area (Å²) in [5.74, 6) is 1.56. The Bertz CT molecular complexity index is 521. The fourth-order valence-corrected chi connectivity index (χ4v) is 4.00. The second-order valence-electron chi connectivity index (χ2n) is 7.86. The standard InChI is InChI=1S/C22H35N3/c1-3-5-7-8-9-11-20-16-24-21(25-17-20)22(18-23)14-12-19(13-15-22)10-6-4-2/h16-17,19H,3-15H2,1-2H3/t19-,22+. The maximum Gasteiger partial charge on any atom is 0.148 e. The first-order chi connectivity index (χ1) is 12.2. The summed E-state index contributed by atoms with van der Waals surface area (Å²) < 4.78 is 0. The largest absolute Gasteiger partial charge is 0.239 e. The van der Waals surface area contributed by atoms with E-state index in [0.29, 0.717) is 0 Å². The van der Waals surface area contributed by atoms with Gasteiger partial charge in [0.2, 0.25) is 0 Å². The molecule has 0 bridgehead atoms. The van der Waals surface area contributed by atoms with Gasteiger partial charge in [-0.3, -0.25) is 0 Å². The van der Waals surface area contributed by atoms with E-state index in [-0.39, 0.29) is 0 Å². The van der Waals surface area contributed by atoms with Gasteiger partial charge in [-0.15, -0.1) is 0 Å². The molecule has 0 amide bonds. The Morgan fingerprint density at radius 1 is 1.00 bits per heavy atom. The number of aromatic nitrogens is 2. The van der Waals surface area contributed by atoms with E-state index in [4.69, 9.17) is 0 Å². The van der Waals surface area contributed by atoms with Gasteiger partial charge in [0.15, 0.2) is 0 Å². The molecule has 0 aromatic carbocycles. The first-order valence-electron chi connectivity index (χ1n) is 10.5. The van der Waals surface area contributed by atoms with Gasteiger partial charge in [-0.05, 0) is 50.0 Å². The molecular formula is C22H35N3. The van der Waals surface area contributed by atoms with Gasteiger partial charge < -0.3 is 0 Å². The molecule has 138 valence electrons. The van der Waals surface area contributed by atoms with Crippen molar-refractivity contribution < 1.29 is 0 Å². The molecule has 0 aliphatic heterocycles. The monoisotopic (exact) mass is 341 g/mol. The van der Waals surface area contributed by atoms with Gasteiger partial charge in [0.05, 0.1) is 6.07 Å². The summed E-state index contributed by atoms with van der Waals surface area (Å²) in [4.78, 5) is 9.23. The van der Waals surface area contributed by atoms with E-state index in [1.54, 1.807) is 0 Å². The van der Waals surface area contributed by atoms with Gasteiger partial charge in [-0.25, -0.2) is 9.97 Å². The predicted octanol–water partition coefficient (Wildman–Crippen LogP) is 6.13. The lowest BCUT2D eigenvalue weighted by Gasteiger charge is -2.33. The molecular weight excluding hydrogens is 306 g/mol. The van der Waals surface area contributed by atoms with Crippen LogP contribution in [-0.4, -0.2) is 9.97 Å². The van der Waals surface area contributed by atoms with Crippen LogP contribution in [0.1, 0.15) is 102 Å². The van der Waals surface area contributed by atoms with Gasteiger partial charge in [-0.1, -0.05) is 58.8 Å². The van der Waals surface area contributed by atoms with Crippen LogP contribution in [0.25, 0.3) is 0 Å². The average Bonchev–Trinajstić information content (AvgIpc) is 2.67. The molecule has 0 saturated heterocycles. The SMILES string of the molecule is CCCCCCCc1cnc([C@]2(C#N)CC[C@H](CCCC)CC2)nc1. The molecule has 1 saturated carbocycles. The highest BCUT2D eigenvalue weighted by molar-refractivity contribution is 5.22. The van der Waals surface area contributed by atoms with Crippen LogP contribution in [-0.2, 0) is 11.8 Å². The maximum atomic E-state index is 9.82. The zero-order valence-electron chi connectivity index (χ0n) is 16.3. The molecule has 1 aliphatic rings. The lowest BCUT2D eigenvalue weighted by atomic mass is 9.69. The van der Waals surface area contributed by atoms with E-state index in [0.717, 1.165) is 43.8 Å². The number of nitrogens with zero attached hydrogens (tertiary/aromatic N) is 3. The van der Waals surface area contributed by atoms with Crippen molar-refractivity contribution in [2.75, 3.05) is 0 Å². The molecule has 2 rings (SSSR count). The minimum Gasteiger partial charge on any atom is -0.239 e. The fraction of sp³-hybridized carbons (Fsp3) is 0.773. The van der Waals surface area contributed by atoms with Crippen molar-refractivity contribution in [1.29, 1.82) is 5.26 Å². The summed E-state index contributed by atoms with van der Waals surface area (Å²) in [6, 6.07) is 2.57. The number of aryl methyl sites for hydroxylation is 1. The highest BCUT2D eigenvalue weighted by Crippen LogP contribution is 2.41. The Hall–Kier alpha value is -1.43. The van der Waals surface area contributed by atoms with Gasteiger partial charge in [-0.2, -0.15) is 5.26 Å². The molecule has 1 aromatic rings. The van der Waals surface area contributed by atoms with E-state index >= 15 is 0 Å². The van der Waals surface area contributed by atoms with E-state index in [2.05, 4.69) is 29.9 Å². The predicted molar refractivity (Wildman–Crippen MR) is 103 cm³/mol. The molecule has 0 radical (unpaired) electrons. The summed E-state index contributed by atoms with van der Waals surface area (Å²) in [5.41, 5.74) is 0.771. The molecule has 1 aliphatic carbocycles. The second-order valence-corrected chi connectivity index (χ2v) is 7.86. The summed E-state index contributed by atoms with van der Waals surface area (Å²) in [5, 5.41) is 9.82. The first kappa shape index (κ1) is 19.9. The van der Waals surface area contributed by atoms with Crippen molar-refractivity contribution in [1.82, 2.24) is 9.97 Å². The van der Waals surface area contributed by atoms with E-state index in [1.807, 2.05) is 12.4 Å². The molecule has 1 aromatic heterocycles. The Balaban J connectivity index is 1.88. The molecule has 0 spiro atoms. The zero-order valence-corrected chi connectivity index (χ0v) is 16.3. The average molecular weight is 342 g/mol. The Labute approximate surface area is 154 Å². The molecule has 3 heteroatoms. The third-order valence-corrected chi connectivity index (χ3v) is 5.84. The van der Waals surface area contributed by atoms with Crippen LogP contribution in [0, 0.1) is 17.2 Å². The van der Waals surface area contributed by atoms with Crippen molar-refractivity contribution >= 4 is 0 Å². The first-order valence-corrected chi connectivity index (χ1v) is 10.5. The number of hydrogen-bond acceptors (Lipinski definition) is 3. The van der Waals surface area contributed by atoms with Crippen molar-refractivity contribution in [3.8, 4) is 6.07 Å². The Kier molecular flexibility index (Phi) is 8.38. The molecule has 25 heavy (non-hydrogen) atoms. The third kappa shape index (κ3) is 5.80. The summed E-state index contributed by atoms with van der Waals surface area (Å²) in [6.07, 6.45) is 19.5. The van der Waals surface area contributed by atoms with Gasteiger partial charge in [0.1, 0.15) is 11.2 Å². The molecule has 3 nitrogen and oxygen atoms in total. The highest BCUT2D eigenvalue weighted by atomic mass is 14.9. The molecule has 0 atom stereocenters. The van der Waals surface area contributed by atoms with Crippen LogP contribution >= 0.6 is 0 Å². The lowest BCUT2D eigenvalue weighted by Crippen LogP contribution is -2.32. The number of nitriles is 1. The van der Waals surface area contributed by atoms with E-state index in [1.165, 1.54) is 56.9 Å². The van der Waals surface area contributed by atoms with Crippen LogP contribution in [0.15, 0.2) is 12.4 Å². The minimum atomic E-state index is -0.442. The lowest BCUT2D eigenvalue weighted by molar-refractivity contribution is 0.255. The van der Waals surface area contributed by atoms with Crippen molar-refractivity contribution in [2.24, 2.45) is 5.92 Å². The number of unbranched alkanes of at least 4 members (excludes halogenated alkanes) is 5. The van der Waals surface area contributed by atoms with Crippen molar-refractivity contribution in [3.05, 3.63) is 23.8 Å². The van der Waals surface area contributed by atoms with Gasteiger partial charge in [0.25, 0.3) is 0 Å². The Morgan fingerprint density at radius 2 is 1.64 bits per heavy atom. The molecule has 1 fully saturated rings. The van der Waals surface area contributed by atoms with Crippen LogP contribution in [0.2, 0.25) is 0 Å². The molecule has 0 unspecified atom stereocenters. The van der Waals surface area contributed by atoms with Gasteiger partial charge >= 0.3 is 0 Å². The van der Waals surface area contributed by atoms with Crippen LogP contribution in [0.5, 0.6) is 0 Å². The van der Waals surface area contributed by atoms with Crippen molar-refractivity contribution in [2.45, 2.75) is 103 Å². The van der Waals surface area contributed by atoms with Crippen molar-refractivity contribution in [3.63, 3.8) is 0 Å². The maximum absolute atomic E-state index is 9.82. The smallest absolute Gasteiger partial charge is 0.148 e. The number of hydrogen-bond donors (Lipinski definition) is 0. The zero-order chi connectivity index (χ0) is 18.0. The molecule has 1 heterocycles. The quantitative estimate of drug-likeness (QED) is 0.481. The number of rotatable bonds is 10. The van der Waals surface area contributed by atoms with E-state index in [9.17, 15) is 5.26 Å². The van der Waals surface area contributed by atoms with Crippen LogP contribution in [0.3, 0.4) is 0 Å². The summed E-state index contributed by atoms with van der Waals surface area (Å²) in [6.45, 7) is 4.50. The van der Waals surface area contributed by atoms with Crippen LogP contribution in [0.4, 0.5) is 0 Å². The minimum absolute atomic E-state index is 0.442. The van der Waals surface area contributed by atoms with Crippen LogP contribution < -0.4 is 0 Å². The topological polar surface area (TPSA) is 49.6 Å². The summed E-state index contributed by atoms with van der Waals surface area (Å²) >= 11 is 0. The van der Waals surface area contributed by atoms with Gasteiger partial charge in [0, 0.05) is 12.4 Å². The third-order valence-electron chi connectivity index (χ3n) is 5.84. The fourth-order valence-electron chi connectivity index (χ4n) is 4.00.